The van der Waals surface area contributed by atoms with Crippen LogP contribution in [0, 0.1) is 19.8 Å². The van der Waals surface area contributed by atoms with Crippen LogP contribution in [0.3, 0.4) is 0 Å². The molecule has 0 aromatic heterocycles. The van der Waals surface area contributed by atoms with Crippen LogP contribution in [-0.2, 0) is 9.59 Å². The number of nitrogens with zero attached hydrogens (tertiary/aromatic N) is 1. The SMILES string of the molecule is CCC(C)NC(=O)C1CCN(CC(=O)Nc2ccc(C)c(C)c2)CC1. The van der Waals surface area contributed by atoms with Crippen molar-refractivity contribution in [2.75, 3.05) is 25.0 Å². The largest absolute Gasteiger partial charge is 0.353 e. The lowest BCUT2D eigenvalue weighted by atomic mass is 9.95. The summed E-state index contributed by atoms with van der Waals surface area (Å²) in [4.78, 5) is 26.6. The molecule has 2 rings (SSSR count). The summed E-state index contributed by atoms with van der Waals surface area (Å²) < 4.78 is 0. The number of likely N-dealkylation sites (tertiary alicyclic amines) is 1. The van der Waals surface area contributed by atoms with E-state index in [1.165, 1.54) is 11.1 Å². The highest BCUT2D eigenvalue weighted by molar-refractivity contribution is 5.92. The molecule has 1 aliphatic rings. The number of amides is 2. The average Bonchev–Trinajstić information content (AvgIpc) is 2.58. The second-order valence-corrected chi connectivity index (χ2v) is 7.22. The van der Waals surface area contributed by atoms with E-state index >= 15 is 0 Å². The Balaban J connectivity index is 1.76. The Bertz CT molecular complexity index is 607. The second kappa shape index (κ2) is 8.99. The van der Waals surface area contributed by atoms with Crippen molar-refractivity contribution in [3.8, 4) is 0 Å². The summed E-state index contributed by atoms with van der Waals surface area (Å²) in [6.45, 7) is 10.2. The van der Waals surface area contributed by atoms with Gasteiger partial charge in [0, 0.05) is 17.6 Å². The Morgan fingerprint density at radius 3 is 2.48 bits per heavy atom. The van der Waals surface area contributed by atoms with Gasteiger partial charge in [-0.05, 0) is 76.4 Å². The number of aryl methyl sites for hydroxylation is 2. The lowest BCUT2D eigenvalue weighted by Crippen LogP contribution is -2.44. The maximum absolute atomic E-state index is 12.2. The van der Waals surface area contributed by atoms with Gasteiger partial charge >= 0.3 is 0 Å². The highest BCUT2D eigenvalue weighted by atomic mass is 16.2. The van der Waals surface area contributed by atoms with Gasteiger partial charge in [-0.3, -0.25) is 14.5 Å². The molecule has 1 fully saturated rings. The van der Waals surface area contributed by atoms with Crippen molar-refractivity contribution in [2.24, 2.45) is 5.92 Å². The van der Waals surface area contributed by atoms with Crippen LogP contribution in [0.2, 0.25) is 0 Å². The van der Waals surface area contributed by atoms with E-state index in [0.29, 0.717) is 6.54 Å². The first-order chi connectivity index (χ1) is 11.9. The molecular formula is C20H31N3O2. The summed E-state index contributed by atoms with van der Waals surface area (Å²) in [5, 5.41) is 6.03. The number of hydrogen-bond acceptors (Lipinski definition) is 3. The average molecular weight is 345 g/mol. The van der Waals surface area contributed by atoms with E-state index in [1.807, 2.05) is 32.0 Å². The van der Waals surface area contributed by atoms with Gasteiger partial charge in [0.15, 0.2) is 0 Å². The van der Waals surface area contributed by atoms with Crippen LogP contribution < -0.4 is 10.6 Å². The third-order valence-corrected chi connectivity index (χ3v) is 5.12. The zero-order valence-electron chi connectivity index (χ0n) is 15.9. The van der Waals surface area contributed by atoms with Gasteiger partial charge in [-0.2, -0.15) is 0 Å². The molecule has 5 nitrogen and oxygen atoms in total. The van der Waals surface area contributed by atoms with Crippen LogP contribution in [0.15, 0.2) is 18.2 Å². The van der Waals surface area contributed by atoms with Crippen LogP contribution >= 0.6 is 0 Å². The van der Waals surface area contributed by atoms with Crippen molar-refractivity contribution in [2.45, 2.75) is 53.0 Å². The maximum atomic E-state index is 12.2. The van der Waals surface area contributed by atoms with E-state index in [9.17, 15) is 9.59 Å². The predicted molar refractivity (Wildman–Crippen MR) is 102 cm³/mol. The second-order valence-electron chi connectivity index (χ2n) is 7.22. The van der Waals surface area contributed by atoms with Crippen molar-refractivity contribution in [3.63, 3.8) is 0 Å². The van der Waals surface area contributed by atoms with E-state index in [2.05, 4.69) is 29.4 Å². The molecule has 1 aromatic rings. The van der Waals surface area contributed by atoms with Crippen molar-refractivity contribution in [3.05, 3.63) is 29.3 Å². The molecule has 138 valence electrons. The Morgan fingerprint density at radius 2 is 1.88 bits per heavy atom. The van der Waals surface area contributed by atoms with Gasteiger partial charge in [0.25, 0.3) is 0 Å². The number of carbonyl (C=O) groups is 2. The van der Waals surface area contributed by atoms with Crippen molar-refractivity contribution >= 4 is 17.5 Å². The molecule has 0 aliphatic carbocycles. The van der Waals surface area contributed by atoms with Gasteiger partial charge < -0.3 is 10.6 Å². The molecule has 2 N–H and O–H groups in total. The summed E-state index contributed by atoms with van der Waals surface area (Å²) in [6.07, 6.45) is 2.58. The lowest BCUT2D eigenvalue weighted by Gasteiger charge is -2.31. The lowest BCUT2D eigenvalue weighted by molar-refractivity contribution is -0.127. The molecule has 0 saturated carbocycles. The molecule has 1 saturated heterocycles. The summed E-state index contributed by atoms with van der Waals surface area (Å²) >= 11 is 0. The quantitative estimate of drug-likeness (QED) is 0.833. The topological polar surface area (TPSA) is 61.4 Å². The smallest absolute Gasteiger partial charge is 0.238 e. The van der Waals surface area contributed by atoms with E-state index in [0.717, 1.165) is 38.0 Å². The number of nitrogens with one attached hydrogen (secondary N) is 2. The van der Waals surface area contributed by atoms with Crippen molar-refractivity contribution in [1.82, 2.24) is 10.2 Å². The summed E-state index contributed by atoms with van der Waals surface area (Å²) in [6, 6.07) is 6.19. The molecule has 1 aromatic carbocycles. The van der Waals surface area contributed by atoms with Crippen LogP contribution in [0.5, 0.6) is 0 Å². The van der Waals surface area contributed by atoms with E-state index in [-0.39, 0.29) is 23.8 Å². The Kier molecular flexibility index (Phi) is 7.00. The molecule has 0 bridgehead atoms. The first kappa shape index (κ1) is 19.4. The van der Waals surface area contributed by atoms with Crippen LogP contribution in [0.1, 0.15) is 44.2 Å². The van der Waals surface area contributed by atoms with Crippen molar-refractivity contribution in [1.29, 1.82) is 0 Å². The number of benzene rings is 1. The first-order valence-corrected chi connectivity index (χ1v) is 9.29. The molecule has 1 heterocycles. The number of piperidine rings is 1. The third kappa shape index (κ3) is 5.85. The minimum Gasteiger partial charge on any atom is -0.353 e. The molecule has 2 amide bonds. The number of hydrogen-bond donors (Lipinski definition) is 2. The minimum atomic E-state index is 0.00533. The van der Waals surface area contributed by atoms with Gasteiger partial charge in [0.2, 0.25) is 11.8 Å². The summed E-state index contributed by atoms with van der Waals surface area (Å²) in [5.41, 5.74) is 3.23. The number of rotatable bonds is 6. The Morgan fingerprint density at radius 1 is 1.20 bits per heavy atom. The standard InChI is InChI=1S/C20H31N3O2/c1-5-16(4)21-20(25)17-8-10-23(11-9-17)13-19(24)22-18-7-6-14(2)15(3)12-18/h6-7,12,16-17H,5,8-11,13H2,1-4H3,(H,21,25)(H,22,24). The Labute approximate surface area is 151 Å². The highest BCUT2D eigenvalue weighted by Crippen LogP contribution is 2.18. The van der Waals surface area contributed by atoms with Gasteiger partial charge in [0.05, 0.1) is 6.54 Å². The summed E-state index contributed by atoms with van der Waals surface area (Å²) in [5.74, 6) is 0.243. The van der Waals surface area contributed by atoms with Gasteiger partial charge in [0.1, 0.15) is 0 Å². The fourth-order valence-corrected chi connectivity index (χ4v) is 3.04. The van der Waals surface area contributed by atoms with Crippen LogP contribution in [-0.4, -0.2) is 42.4 Å². The zero-order chi connectivity index (χ0) is 18.4. The van der Waals surface area contributed by atoms with Gasteiger partial charge in [-0.15, -0.1) is 0 Å². The third-order valence-electron chi connectivity index (χ3n) is 5.12. The molecule has 1 aliphatic heterocycles. The van der Waals surface area contributed by atoms with E-state index in [1.54, 1.807) is 0 Å². The number of carbonyl (C=O) groups excluding carboxylic acids is 2. The zero-order valence-corrected chi connectivity index (χ0v) is 15.9. The molecular weight excluding hydrogens is 314 g/mol. The predicted octanol–water partition coefficient (Wildman–Crippen LogP) is 2.87. The molecule has 5 heteroatoms. The monoisotopic (exact) mass is 345 g/mol. The molecule has 1 unspecified atom stereocenters. The summed E-state index contributed by atoms with van der Waals surface area (Å²) in [7, 11) is 0. The van der Waals surface area contributed by atoms with Gasteiger partial charge in [-0.1, -0.05) is 13.0 Å². The minimum absolute atomic E-state index is 0.00533. The van der Waals surface area contributed by atoms with Crippen molar-refractivity contribution < 1.29 is 9.59 Å². The van der Waals surface area contributed by atoms with Crippen LogP contribution in [0.25, 0.3) is 0 Å². The molecule has 0 radical (unpaired) electrons. The van der Waals surface area contributed by atoms with Gasteiger partial charge in [-0.25, -0.2) is 0 Å². The van der Waals surface area contributed by atoms with E-state index < -0.39 is 0 Å². The fourth-order valence-electron chi connectivity index (χ4n) is 3.04. The highest BCUT2D eigenvalue weighted by Gasteiger charge is 2.26. The van der Waals surface area contributed by atoms with E-state index in [4.69, 9.17) is 0 Å². The Hall–Kier alpha value is -1.88. The molecule has 1 atom stereocenters. The molecule has 25 heavy (non-hydrogen) atoms. The normalized spacial score (nSPS) is 17.1. The maximum Gasteiger partial charge on any atom is 0.238 e. The first-order valence-electron chi connectivity index (χ1n) is 9.29. The number of anilines is 1. The fraction of sp³-hybridized carbons (Fsp3) is 0.600. The molecule has 0 spiro atoms. The van der Waals surface area contributed by atoms with Crippen LogP contribution in [0.4, 0.5) is 5.69 Å².